The van der Waals surface area contributed by atoms with E-state index in [4.69, 9.17) is 39.8 Å². The summed E-state index contributed by atoms with van der Waals surface area (Å²) in [6.07, 6.45) is 0.373. The molecule has 0 unspecified atom stereocenters. The summed E-state index contributed by atoms with van der Waals surface area (Å²) >= 11 is 12.3. The minimum atomic E-state index is -1.48. The number of aromatic nitrogens is 8. The average Bonchev–Trinajstić information content (AvgIpc) is 1.63. The topological polar surface area (TPSA) is 325 Å². The third-order valence-electron chi connectivity index (χ3n) is 14.3. The number of carboxylic acids is 1. The highest BCUT2D eigenvalue weighted by Crippen LogP contribution is 2.36. The summed E-state index contributed by atoms with van der Waals surface area (Å²) in [5, 5.41) is 48.1. The van der Waals surface area contributed by atoms with Crippen molar-refractivity contribution >= 4 is 127 Å². The van der Waals surface area contributed by atoms with Crippen LogP contribution < -0.4 is 38.1 Å². The quantitative estimate of drug-likeness (QED) is 0.0417. The van der Waals surface area contributed by atoms with Crippen molar-refractivity contribution in [1.82, 2.24) is 50.2 Å². The standard InChI is InChI=1S/C31H25ClF2N8O3.C17H15ClF2N2O.C14H12N6O3.ClH/c32-22-7-2-1-5-19(22)20-6-3-8-23(28(20)34)38-31(45)25-13-17(33)15-41(25)27(43)16-42-24-11-10-18(37-26-9-4-12-36-39-26)14-21(24)29(40-42)30(35)44;18-13-6-2-1-4-11(13)12-5-3-7-14(16(12)20)22-17(23)15-8-10(19)9-21-15;15-14(23)13-9-6-8(17-11-2-1-5-16-18-11)3-4-10(9)20(19-13)7-12(21)22;/h1-12,14,17,25H,13,15-16H2,(H2,35,44)(H,37,39)(H,38,45);1-7,10,15,21H,8-9H2,(H,22,23);1-6H,7H2,(H2,15,23)(H,17,18)(H,21,22);1H/t17-,25+;10-,15+;;/m11../s1. The van der Waals surface area contributed by atoms with Crippen molar-refractivity contribution in [3.63, 3.8) is 0 Å². The molecule has 2 aliphatic heterocycles. The monoisotopic (exact) mass is 1310 g/mol. The third kappa shape index (κ3) is 15.3. The van der Waals surface area contributed by atoms with Crippen LogP contribution in [0.25, 0.3) is 44.1 Å². The largest absolute Gasteiger partial charge is 0.480 e. The Morgan fingerprint density at radius 2 is 1.07 bits per heavy atom. The SMILES string of the molecule is Cl.NC(=O)c1nn(CC(=O)N2C[C@H](F)C[C@H]2C(=O)Nc2cccc(-c3ccccc3Cl)c2F)c2ccc(Nc3cccnn3)cc12.NC(=O)c1nn(CC(=O)O)c2ccc(Nc3cccnn3)cc12.O=C(Nc1cccc(-c2ccccc2Cl)c1F)[C@@H]1C[C@@H](F)CN1. The van der Waals surface area contributed by atoms with Gasteiger partial charge in [-0.1, -0.05) is 83.9 Å². The Hall–Kier alpha value is -10.6. The van der Waals surface area contributed by atoms with Gasteiger partial charge in [-0.15, -0.1) is 22.6 Å². The Morgan fingerprint density at radius 3 is 1.51 bits per heavy atom. The number of rotatable bonds is 16. The van der Waals surface area contributed by atoms with Crippen molar-refractivity contribution in [2.24, 2.45) is 11.5 Å². The summed E-state index contributed by atoms with van der Waals surface area (Å²) in [6.45, 7) is -0.971. The fourth-order valence-electron chi connectivity index (χ4n) is 10.2. The molecule has 10 aromatic rings. The molecule has 0 radical (unpaired) electrons. The number of alkyl halides is 2. The van der Waals surface area contributed by atoms with Gasteiger partial charge in [0.05, 0.1) is 35.0 Å². The lowest BCUT2D eigenvalue weighted by Crippen LogP contribution is -2.44. The first-order valence-electron chi connectivity index (χ1n) is 27.7. The zero-order chi connectivity index (χ0) is 64.5. The van der Waals surface area contributed by atoms with Gasteiger partial charge >= 0.3 is 5.97 Å². The van der Waals surface area contributed by atoms with Crippen LogP contribution in [0, 0.1) is 11.6 Å². The van der Waals surface area contributed by atoms with Gasteiger partial charge < -0.3 is 48.1 Å². The number of halogens is 7. The molecule has 30 heteroatoms. The number of carbonyl (C=O) groups excluding carboxylic acids is 5. The number of carboxylic acid groups (broad SMARTS) is 1. The van der Waals surface area contributed by atoms with Crippen LogP contribution in [0.2, 0.25) is 10.0 Å². The summed E-state index contributed by atoms with van der Waals surface area (Å²) in [6, 6.07) is 37.8. The van der Waals surface area contributed by atoms with Gasteiger partial charge in [-0.3, -0.25) is 38.1 Å². The molecule has 6 heterocycles. The van der Waals surface area contributed by atoms with E-state index in [0.717, 1.165) is 4.90 Å². The summed E-state index contributed by atoms with van der Waals surface area (Å²) < 4.78 is 60.5. The molecule has 12 rings (SSSR count). The maximum absolute atomic E-state index is 15.5. The molecule has 4 aromatic heterocycles. The first-order chi connectivity index (χ1) is 43.8. The molecule has 0 bridgehead atoms. The molecule has 92 heavy (non-hydrogen) atoms. The van der Waals surface area contributed by atoms with Crippen LogP contribution in [0.4, 0.5) is 51.9 Å². The predicted molar refractivity (Wildman–Crippen MR) is 339 cm³/mol. The summed E-state index contributed by atoms with van der Waals surface area (Å²) in [5.41, 5.74) is 14.4. The van der Waals surface area contributed by atoms with Crippen molar-refractivity contribution in [1.29, 1.82) is 0 Å². The number of primary amides is 2. The number of likely N-dealkylation sites (tertiary alicyclic amines) is 1. The molecular formula is C62H53Cl3F4N16O7. The molecule has 0 spiro atoms. The van der Waals surface area contributed by atoms with Crippen molar-refractivity contribution in [3.05, 3.63) is 191 Å². The lowest BCUT2D eigenvalue weighted by molar-refractivity contribution is -0.138. The molecule has 0 aliphatic carbocycles. The smallest absolute Gasteiger partial charge is 0.325 e. The Kier molecular flexibility index (Phi) is 21.0. The normalized spacial score (nSPS) is 15.7. The summed E-state index contributed by atoms with van der Waals surface area (Å²) in [7, 11) is 0. The molecule has 2 fully saturated rings. The van der Waals surface area contributed by atoms with Gasteiger partial charge in [0, 0.05) is 86.2 Å². The number of hydrogen-bond acceptors (Lipinski definition) is 15. The third-order valence-corrected chi connectivity index (χ3v) is 15.0. The van der Waals surface area contributed by atoms with Crippen LogP contribution in [0.15, 0.2) is 158 Å². The van der Waals surface area contributed by atoms with E-state index in [1.54, 1.807) is 134 Å². The number of nitrogens with one attached hydrogen (secondary N) is 5. The van der Waals surface area contributed by atoms with Crippen LogP contribution in [0.3, 0.4) is 0 Å². The van der Waals surface area contributed by atoms with Gasteiger partial charge in [0.15, 0.2) is 34.7 Å². The van der Waals surface area contributed by atoms with Gasteiger partial charge in [0.2, 0.25) is 17.7 Å². The van der Waals surface area contributed by atoms with Crippen LogP contribution in [0.5, 0.6) is 0 Å². The molecule has 2 aliphatic rings. The number of anilines is 6. The summed E-state index contributed by atoms with van der Waals surface area (Å²) in [4.78, 5) is 74.7. The number of nitrogens with two attached hydrogens (primary N) is 2. The maximum Gasteiger partial charge on any atom is 0.325 e. The highest BCUT2D eigenvalue weighted by molar-refractivity contribution is 6.33. The Balaban J connectivity index is 0.000000179. The van der Waals surface area contributed by atoms with E-state index in [-0.39, 0.29) is 73.2 Å². The second-order valence-corrected chi connectivity index (χ2v) is 21.3. The lowest BCUT2D eigenvalue weighted by atomic mass is 10.0. The van der Waals surface area contributed by atoms with E-state index in [0.29, 0.717) is 71.6 Å². The van der Waals surface area contributed by atoms with Gasteiger partial charge in [0.1, 0.15) is 31.5 Å². The molecule has 6 aromatic carbocycles. The van der Waals surface area contributed by atoms with Crippen LogP contribution in [0.1, 0.15) is 33.8 Å². The molecule has 5 amide bonds. The first kappa shape index (κ1) is 65.8. The molecule has 472 valence electrons. The number of fused-ring (bicyclic) bond motifs is 2. The Morgan fingerprint density at radius 1 is 0.587 bits per heavy atom. The number of hydrogen-bond donors (Lipinski definition) is 8. The van der Waals surface area contributed by atoms with E-state index in [1.165, 1.54) is 33.8 Å². The van der Waals surface area contributed by atoms with Gasteiger partial charge in [0.25, 0.3) is 11.8 Å². The zero-order valence-electron chi connectivity index (χ0n) is 47.8. The van der Waals surface area contributed by atoms with Crippen LogP contribution in [-0.4, -0.2) is 123 Å². The minimum Gasteiger partial charge on any atom is -0.480 e. The van der Waals surface area contributed by atoms with Crippen molar-refractivity contribution in [2.45, 2.75) is 50.4 Å². The fourth-order valence-corrected chi connectivity index (χ4v) is 10.6. The second kappa shape index (κ2) is 29.4. The fraction of sp³-hybridized carbons (Fsp3) is 0.161. The number of nitrogens with zero attached hydrogens (tertiary/aromatic N) is 9. The van der Waals surface area contributed by atoms with E-state index in [1.807, 2.05) is 0 Å². The number of aliphatic carboxylic acids is 1. The van der Waals surface area contributed by atoms with Crippen molar-refractivity contribution in [3.8, 4) is 22.3 Å². The number of benzene rings is 6. The molecule has 23 nitrogen and oxygen atoms in total. The van der Waals surface area contributed by atoms with Gasteiger partial charge in [-0.2, -0.15) is 20.4 Å². The zero-order valence-corrected chi connectivity index (χ0v) is 50.1. The molecule has 0 saturated carbocycles. The van der Waals surface area contributed by atoms with E-state index < -0.39 is 78.1 Å². The molecule has 4 atom stereocenters. The number of carbonyl (C=O) groups is 6. The van der Waals surface area contributed by atoms with Crippen molar-refractivity contribution in [2.75, 3.05) is 34.4 Å². The summed E-state index contributed by atoms with van der Waals surface area (Å²) in [5.74, 6) is -4.70. The van der Waals surface area contributed by atoms with Crippen LogP contribution in [-0.2, 0) is 32.3 Å². The minimum absolute atomic E-state index is 0. The first-order valence-corrected chi connectivity index (χ1v) is 28.5. The molecule has 10 N–H and O–H groups in total. The second-order valence-electron chi connectivity index (χ2n) is 20.5. The predicted octanol–water partition coefficient (Wildman–Crippen LogP) is 9.67. The highest BCUT2D eigenvalue weighted by atomic mass is 35.5. The maximum atomic E-state index is 15.5. The Labute approximate surface area is 535 Å². The average molecular weight is 1320 g/mol. The van der Waals surface area contributed by atoms with Crippen molar-refractivity contribution < 1.29 is 51.4 Å². The van der Waals surface area contributed by atoms with Gasteiger partial charge in [-0.25, -0.2) is 17.6 Å². The van der Waals surface area contributed by atoms with Crippen LogP contribution >= 0.6 is 35.6 Å². The Bertz CT molecular complexity index is 4400. The van der Waals surface area contributed by atoms with Gasteiger partial charge in [-0.05, 0) is 84.9 Å². The highest BCUT2D eigenvalue weighted by Gasteiger charge is 2.40. The molecular weight excluding hydrogens is 1260 g/mol. The lowest BCUT2D eigenvalue weighted by Gasteiger charge is -2.24. The van der Waals surface area contributed by atoms with E-state index >= 15 is 4.39 Å². The van der Waals surface area contributed by atoms with E-state index in [2.05, 4.69) is 57.2 Å². The number of amides is 5. The molecule has 2 saturated heterocycles. The van der Waals surface area contributed by atoms with E-state index in [9.17, 15) is 41.9 Å².